The summed E-state index contributed by atoms with van der Waals surface area (Å²) < 4.78 is 7.17. The van der Waals surface area contributed by atoms with Gasteiger partial charge in [-0.25, -0.2) is 5.10 Å². The van der Waals surface area contributed by atoms with E-state index < -0.39 is 0 Å². The van der Waals surface area contributed by atoms with E-state index in [4.69, 9.17) is 17.0 Å². The highest BCUT2D eigenvalue weighted by molar-refractivity contribution is 7.71. The van der Waals surface area contributed by atoms with E-state index in [2.05, 4.69) is 25.5 Å². The molecule has 0 saturated heterocycles. The molecule has 27 heavy (non-hydrogen) atoms. The molecule has 2 heterocycles. The van der Waals surface area contributed by atoms with Gasteiger partial charge in [-0.3, -0.25) is 5.10 Å². The summed E-state index contributed by atoms with van der Waals surface area (Å²) in [7, 11) is 1.63. The van der Waals surface area contributed by atoms with Crippen molar-refractivity contribution >= 4 is 18.4 Å². The van der Waals surface area contributed by atoms with Gasteiger partial charge < -0.3 is 4.74 Å². The molecule has 0 aliphatic carbocycles. The molecule has 134 valence electrons. The lowest BCUT2D eigenvalue weighted by Gasteiger charge is -2.00. The fourth-order valence-electron chi connectivity index (χ4n) is 2.61. The first-order chi connectivity index (χ1) is 13.2. The van der Waals surface area contributed by atoms with Gasteiger partial charge in [0, 0.05) is 5.56 Å². The Morgan fingerprint density at radius 2 is 1.89 bits per heavy atom. The second-order valence-electron chi connectivity index (χ2n) is 5.72. The first-order valence-electron chi connectivity index (χ1n) is 8.21. The zero-order valence-corrected chi connectivity index (χ0v) is 15.3. The van der Waals surface area contributed by atoms with Gasteiger partial charge >= 0.3 is 0 Å². The van der Waals surface area contributed by atoms with Gasteiger partial charge in [0.05, 0.1) is 19.0 Å². The number of hydrogen-bond acceptors (Lipinski definition) is 5. The maximum Gasteiger partial charge on any atom is 0.216 e. The minimum atomic E-state index is 0.389. The summed E-state index contributed by atoms with van der Waals surface area (Å²) in [4.78, 5) is 0. The van der Waals surface area contributed by atoms with E-state index in [1.54, 1.807) is 18.0 Å². The lowest BCUT2D eigenvalue weighted by Crippen LogP contribution is -1.95. The minimum Gasteiger partial charge on any atom is -0.497 e. The number of nitrogens with zero attached hydrogens (tertiary/aromatic N) is 4. The molecule has 0 unspecified atom stereocenters. The summed E-state index contributed by atoms with van der Waals surface area (Å²) in [6, 6.07) is 19.4. The average Bonchev–Trinajstić information content (AvgIpc) is 3.34. The van der Waals surface area contributed by atoms with Gasteiger partial charge in [-0.15, -0.1) is 0 Å². The molecule has 2 aromatic carbocycles. The lowest BCUT2D eigenvalue weighted by atomic mass is 10.1. The van der Waals surface area contributed by atoms with Crippen LogP contribution in [-0.2, 0) is 0 Å². The molecule has 0 atom stereocenters. The van der Waals surface area contributed by atoms with Crippen molar-refractivity contribution < 1.29 is 4.74 Å². The highest BCUT2D eigenvalue weighted by atomic mass is 32.1. The molecule has 8 heteroatoms. The Labute approximate surface area is 160 Å². The minimum absolute atomic E-state index is 0.389. The lowest BCUT2D eigenvalue weighted by molar-refractivity contribution is 0.415. The summed E-state index contributed by atoms with van der Waals surface area (Å²) in [5, 5.41) is 18.9. The van der Waals surface area contributed by atoms with Crippen LogP contribution in [0.15, 0.2) is 65.8 Å². The van der Waals surface area contributed by atoms with Crippen LogP contribution < -0.4 is 4.74 Å². The van der Waals surface area contributed by atoms with Gasteiger partial charge in [0.2, 0.25) is 10.6 Å². The third-order valence-corrected chi connectivity index (χ3v) is 4.22. The van der Waals surface area contributed by atoms with Crippen molar-refractivity contribution in [3.05, 3.63) is 71.0 Å². The Hall–Kier alpha value is -3.52. The van der Waals surface area contributed by atoms with Crippen LogP contribution in [0.25, 0.3) is 22.8 Å². The summed E-state index contributed by atoms with van der Waals surface area (Å²) >= 11 is 5.31. The normalized spacial score (nSPS) is 11.1. The topological polar surface area (TPSA) is 83.9 Å². The molecule has 2 N–H and O–H groups in total. The van der Waals surface area contributed by atoms with Crippen molar-refractivity contribution in [2.24, 2.45) is 5.10 Å². The van der Waals surface area contributed by atoms with E-state index in [0.717, 1.165) is 22.6 Å². The van der Waals surface area contributed by atoms with E-state index in [1.807, 2.05) is 60.7 Å². The van der Waals surface area contributed by atoms with Gasteiger partial charge in [0.15, 0.2) is 0 Å². The Morgan fingerprint density at radius 3 is 2.70 bits per heavy atom. The van der Waals surface area contributed by atoms with Crippen LogP contribution in [-0.4, -0.2) is 38.4 Å². The van der Waals surface area contributed by atoms with Crippen LogP contribution in [0.3, 0.4) is 0 Å². The molecule has 0 amide bonds. The Kier molecular flexibility index (Phi) is 4.63. The molecule has 2 aromatic heterocycles. The molecule has 0 bridgehead atoms. The predicted molar refractivity (Wildman–Crippen MR) is 106 cm³/mol. The second kappa shape index (κ2) is 7.38. The summed E-state index contributed by atoms with van der Waals surface area (Å²) in [5.74, 6) is 1.31. The molecular formula is C19H16N6OS. The Balaban J connectivity index is 1.67. The number of hydrogen-bond donors (Lipinski definition) is 2. The fourth-order valence-corrected chi connectivity index (χ4v) is 2.79. The van der Waals surface area contributed by atoms with Gasteiger partial charge in [-0.1, -0.05) is 42.5 Å². The van der Waals surface area contributed by atoms with E-state index in [-0.39, 0.29) is 0 Å². The third-order valence-electron chi connectivity index (χ3n) is 3.95. The van der Waals surface area contributed by atoms with Gasteiger partial charge in [-0.2, -0.15) is 20.0 Å². The van der Waals surface area contributed by atoms with Crippen molar-refractivity contribution in [3.63, 3.8) is 0 Å². The van der Waals surface area contributed by atoms with E-state index in [0.29, 0.717) is 16.3 Å². The van der Waals surface area contributed by atoms with Crippen LogP contribution in [0.2, 0.25) is 0 Å². The number of rotatable bonds is 5. The van der Waals surface area contributed by atoms with Crippen molar-refractivity contribution in [1.82, 2.24) is 25.1 Å². The van der Waals surface area contributed by atoms with Gasteiger partial charge in [0.1, 0.15) is 11.4 Å². The Morgan fingerprint density at radius 1 is 1.04 bits per heavy atom. The van der Waals surface area contributed by atoms with Crippen LogP contribution >= 0.6 is 12.2 Å². The van der Waals surface area contributed by atoms with Crippen molar-refractivity contribution in [1.29, 1.82) is 0 Å². The number of benzene rings is 2. The molecule has 0 aliphatic rings. The number of nitrogens with one attached hydrogen (secondary N) is 2. The molecule has 0 spiro atoms. The largest absolute Gasteiger partial charge is 0.497 e. The van der Waals surface area contributed by atoms with Crippen LogP contribution in [0.5, 0.6) is 5.75 Å². The predicted octanol–water partition coefficient (Wildman–Crippen LogP) is 3.89. The first kappa shape index (κ1) is 16.9. The highest BCUT2D eigenvalue weighted by Crippen LogP contribution is 2.22. The van der Waals surface area contributed by atoms with Crippen LogP contribution in [0, 0.1) is 4.77 Å². The van der Waals surface area contributed by atoms with Crippen LogP contribution in [0.4, 0.5) is 0 Å². The molecule has 7 nitrogen and oxygen atoms in total. The highest BCUT2D eigenvalue weighted by Gasteiger charge is 2.12. The second-order valence-corrected chi connectivity index (χ2v) is 6.10. The average molecular weight is 376 g/mol. The first-order valence-corrected chi connectivity index (χ1v) is 8.62. The molecule has 0 aliphatic heterocycles. The van der Waals surface area contributed by atoms with Gasteiger partial charge in [0.25, 0.3) is 0 Å². The quantitative estimate of drug-likeness (QED) is 0.409. The maximum atomic E-state index is 5.31. The van der Waals surface area contributed by atoms with Crippen LogP contribution in [0.1, 0.15) is 5.56 Å². The summed E-state index contributed by atoms with van der Waals surface area (Å²) in [6.07, 6.45) is 1.70. The molecule has 0 fully saturated rings. The van der Waals surface area contributed by atoms with E-state index in [9.17, 15) is 0 Å². The number of aromatic amines is 2. The summed E-state index contributed by atoms with van der Waals surface area (Å²) in [6.45, 7) is 0. The molecular weight excluding hydrogens is 360 g/mol. The molecule has 0 saturated carbocycles. The van der Waals surface area contributed by atoms with Crippen molar-refractivity contribution in [2.45, 2.75) is 0 Å². The number of H-pyrrole nitrogens is 2. The fraction of sp³-hybridized carbons (Fsp3) is 0.0526. The molecule has 4 rings (SSSR count). The zero-order chi connectivity index (χ0) is 18.6. The number of aromatic nitrogens is 5. The monoisotopic (exact) mass is 376 g/mol. The SMILES string of the molecule is COc1cccc(/C=N\n2c(-c3cc(-c4ccccc4)n[nH]3)n[nH]c2=S)c1. The number of ether oxygens (including phenoxy) is 1. The standard InChI is InChI=1S/C19H16N6OS/c1-26-15-9-5-6-13(10-15)12-20-25-18(23-24-19(25)27)17-11-16(21-22-17)14-7-3-2-4-8-14/h2-12H,1H3,(H,21,22)(H,24,27)/b20-12-. The Bertz CT molecular complexity index is 1140. The number of methoxy groups -OCH3 is 1. The molecule has 4 aromatic rings. The third kappa shape index (κ3) is 3.56. The maximum absolute atomic E-state index is 5.31. The van der Waals surface area contributed by atoms with Gasteiger partial charge in [-0.05, 0) is 36.0 Å². The zero-order valence-electron chi connectivity index (χ0n) is 14.5. The van der Waals surface area contributed by atoms with Crippen molar-refractivity contribution in [2.75, 3.05) is 7.11 Å². The van der Waals surface area contributed by atoms with E-state index >= 15 is 0 Å². The smallest absolute Gasteiger partial charge is 0.216 e. The molecule has 0 radical (unpaired) electrons. The van der Waals surface area contributed by atoms with E-state index in [1.165, 1.54) is 0 Å². The van der Waals surface area contributed by atoms with Crippen molar-refractivity contribution in [3.8, 4) is 28.5 Å². The summed E-state index contributed by atoms with van der Waals surface area (Å²) in [5.41, 5.74) is 3.44.